The van der Waals surface area contributed by atoms with Crippen molar-refractivity contribution >= 4 is 11.8 Å². The van der Waals surface area contributed by atoms with Crippen LogP contribution in [-0.4, -0.2) is 69.0 Å². The number of ether oxygens (including phenoxy) is 2. The summed E-state index contributed by atoms with van der Waals surface area (Å²) in [6, 6.07) is 0. The molecule has 0 spiro atoms. The average Bonchev–Trinajstić information content (AvgIpc) is 3.08. The highest BCUT2D eigenvalue weighted by atomic mass is 16.7. The second-order valence-corrected chi connectivity index (χ2v) is 11.2. The van der Waals surface area contributed by atoms with Crippen molar-refractivity contribution in [1.82, 2.24) is 0 Å². The number of aliphatic hydroxyl groups excluding tert-OH is 3. The summed E-state index contributed by atoms with van der Waals surface area (Å²) in [6.45, 7) is 2.20. The first-order valence-electron chi connectivity index (χ1n) is 12.3. The summed E-state index contributed by atoms with van der Waals surface area (Å²) in [5, 5.41) is 39.4. The molecule has 1 aliphatic heterocycles. The zero-order valence-corrected chi connectivity index (χ0v) is 18.6. The lowest BCUT2D eigenvalue weighted by molar-refractivity contribution is -0.308. The summed E-state index contributed by atoms with van der Waals surface area (Å²) >= 11 is 0. The largest absolute Gasteiger partial charge is 0.479 e. The molecule has 5 aliphatic rings. The fraction of sp³-hybridized carbons (Fsp3) is 0.917. The van der Waals surface area contributed by atoms with Crippen LogP contribution in [0.15, 0.2) is 0 Å². The number of Topliss-reactive ketones (excluding diaryl/α,β-unsaturated/α-hetero) is 1. The fourth-order valence-electron chi connectivity index (χ4n) is 8.06. The Morgan fingerprint density at radius 2 is 1.72 bits per heavy atom. The average molecular weight is 453 g/mol. The summed E-state index contributed by atoms with van der Waals surface area (Å²) in [6.07, 6.45) is 0.950. The molecule has 12 atom stereocenters. The first kappa shape index (κ1) is 22.7. The number of carboxylic acid groups (broad SMARTS) is 1. The molecular formula is C24H36O8. The lowest BCUT2D eigenvalue weighted by Gasteiger charge is -2.55. The highest BCUT2D eigenvalue weighted by Gasteiger charge is 2.57. The topological polar surface area (TPSA) is 134 Å². The van der Waals surface area contributed by atoms with E-state index in [0.717, 1.165) is 57.8 Å². The van der Waals surface area contributed by atoms with Gasteiger partial charge in [-0.05, 0) is 81.0 Å². The molecule has 5 rings (SSSR count). The van der Waals surface area contributed by atoms with Crippen LogP contribution in [0.25, 0.3) is 0 Å². The summed E-state index contributed by atoms with van der Waals surface area (Å²) in [7, 11) is 0. The van der Waals surface area contributed by atoms with Gasteiger partial charge in [-0.2, -0.15) is 0 Å². The van der Waals surface area contributed by atoms with Crippen LogP contribution in [0.4, 0.5) is 0 Å². The van der Waals surface area contributed by atoms with Gasteiger partial charge in [0, 0.05) is 11.8 Å². The molecule has 2 unspecified atom stereocenters. The molecule has 4 saturated carbocycles. The molecule has 180 valence electrons. The highest BCUT2D eigenvalue weighted by Crippen LogP contribution is 2.61. The lowest BCUT2D eigenvalue weighted by atomic mass is 9.50. The van der Waals surface area contributed by atoms with Gasteiger partial charge in [0.25, 0.3) is 0 Å². The predicted molar refractivity (Wildman–Crippen MR) is 111 cm³/mol. The number of carbonyl (C=O) groups is 2. The van der Waals surface area contributed by atoms with Crippen molar-refractivity contribution in [3.8, 4) is 0 Å². The number of aliphatic hydroxyl groups is 3. The molecule has 0 aromatic heterocycles. The van der Waals surface area contributed by atoms with Gasteiger partial charge in [0.1, 0.15) is 24.1 Å². The number of rotatable bonds is 3. The van der Waals surface area contributed by atoms with E-state index < -0.39 is 36.7 Å². The maximum atomic E-state index is 12.5. The number of hydrogen-bond acceptors (Lipinski definition) is 7. The minimum atomic E-state index is -1.70. The van der Waals surface area contributed by atoms with Gasteiger partial charge in [0.15, 0.2) is 12.4 Å². The number of fused-ring (bicyclic) bond motifs is 5. The van der Waals surface area contributed by atoms with Crippen LogP contribution in [0, 0.1) is 35.0 Å². The maximum absolute atomic E-state index is 12.5. The van der Waals surface area contributed by atoms with Crippen LogP contribution in [0.5, 0.6) is 0 Å². The molecule has 4 aliphatic carbocycles. The third-order valence-corrected chi connectivity index (χ3v) is 9.75. The fourth-order valence-corrected chi connectivity index (χ4v) is 8.06. The molecular weight excluding hydrogens is 416 g/mol. The Morgan fingerprint density at radius 1 is 0.969 bits per heavy atom. The summed E-state index contributed by atoms with van der Waals surface area (Å²) in [4.78, 5) is 23.9. The molecule has 5 fully saturated rings. The third kappa shape index (κ3) is 3.54. The van der Waals surface area contributed by atoms with Gasteiger partial charge in [-0.3, -0.25) is 4.79 Å². The van der Waals surface area contributed by atoms with Crippen LogP contribution in [0.2, 0.25) is 0 Å². The van der Waals surface area contributed by atoms with Gasteiger partial charge >= 0.3 is 5.97 Å². The molecule has 1 heterocycles. The minimum absolute atomic E-state index is 0.102. The standard InChI is InChI=1S/C24H36O8/c1-24-9-8-14-13-5-3-12(10-11(13)2-4-15(14)16(24)6-7-17(24)25)31-23-20(28)18(26)19(27)21(32-23)22(29)30/h11-16,18-21,23,26-28H,2-10H2,1H3,(H,29,30)/t11-,12+,13-,14+,15+,16-,18+,19-,20?,21?,23+,24-/m0/s1. The van der Waals surface area contributed by atoms with E-state index in [0.29, 0.717) is 35.4 Å². The monoisotopic (exact) mass is 452 g/mol. The third-order valence-electron chi connectivity index (χ3n) is 9.75. The zero-order valence-electron chi connectivity index (χ0n) is 18.6. The van der Waals surface area contributed by atoms with Gasteiger partial charge < -0.3 is 29.9 Å². The van der Waals surface area contributed by atoms with E-state index in [1.807, 2.05) is 0 Å². The van der Waals surface area contributed by atoms with Crippen LogP contribution in [0.3, 0.4) is 0 Å². The quantitative estimate of drug-likeness (QED) is 0.473. The van der Waals surface area contributed by atoms with Gasteiger partial charge in [-0.25, -0.2) is 4.79 Å². The molecule has 8 heteroatoms. The number of ketones is 1. The normalized spacial score (nSPS) is 53.2. The maximum Gasteiger partial charge on any atom is 0.335 e. The van der Waals surface area contributed by atoms with E-state index in [1.54, 1.807) is 0 Å². The van der Waals surface area contributed by atoms with E-state index in [4.69, 9.17) is 9.47 Å². The van der Waals surface area contributed by atoms with E-state index in [2.05, 4.69) is 6.92 Å². The van der Waals surface area contributed by atoms with Crippen molar-refractivity contribution in [2.24, 2.45) is 35.0 Å². The molecule has 0 aromatic rings. The highest BCUT2D eigenvalue weighted by molar-refractivity contribution is 5.87. The summed E-state index contributed by atoms with van der Waals surface area (Å²) in [5.41, 5.74) is -0.102. The first-order valence-corrected chi connectivity index (χ1v) is 12.3. The van der Waals surface area contributed by atoms with Crippen LogP contribution >= 0.6 is 0 Å². The molecule has 0 radical (unpaired) electrons. The second-order valence-electron chi connectivity index (χ2n) is 11.2. The Balaban J connectivity index is 1.22. The minimum Gasteiger partial charge on any atom is -0.479 e. The van der Waals surface area contributed by atoms with Crippen molar-refractivity contribution in [1.29, 1.82) is 0 Å². The van der Waals surface area contributed by atoms with Crippen molar-refractivity contribution in [3.63, 3.8) is 0 Å². The lowest BCUT2D eigenvalue weighted by Crippen LogP contribution is -2.61. The Hall–Kier alpha value is -1.06. The predicted octanol–water partition coefficient (Wildman–Crippen LogP) is 1.49. The molecule has 32 heavy (non-hydrogen) atoms. The van der Waals surface area contributed by atoms with E-state index in [-0.39, 0.29) is 11.5 Å². The van der Waals surface area contributed by atoms with E-state index in [9.17, 15) is 30.0 Å². The number of carbonyl (C=O) groups excluding carboxylic acids is 1. The summed E-state index contributed by atoms with van der Waals surface area (Å²) in [5.74, 6) is 2.08. The van der Waals surface area contributed by atoms with Crippen molar-refractivity contribution in [2.45, 2.75) is 102 Å². The number of aliphatic carboxylic acids is 1. The number of carboxylic acids is 1. The Kier molecular flexibility index (Phi) is 5.90. The van der Waals surface area contributed by atoms with Gasteiger partial charge in [-0.1, -0.05) is 6.92 Å². The van der Waals surface area contributed by atoms with Gasteiger partial charge in [0.05, 0.1) is 6.10 Å². The Morgan fingerprint density at radius 3 is 2.47 bits per heavy atom. The van der Waals surface area contributed by atoms with Crippen LogP contribution < -0.4 is 0 Å². The molecule has 8 nitrogen and oxygen atoms in total. The number of hydrogen-bond donors (Lipinski definition) is 4. The zero-order chi connectivity index (χ0) is 22.8. The van der Waals surface area contributed by atoms with Gasteiger partial charge in [0.2, 0.25) is 0 Å². The smallest absolute Gasteiger partial charge is 0.335 e. The molecule has 0 amide bonds. The van der Waals surface area contributed by atoms with Gasteiger partial charge in [-0.15, -0.1) is 0 Å². The van der Waals surface area contributed by atoms with Crippen molar-refractivity contribution in [2.75, 3.05) is 0 Å². The van der Waals surface area contributed by atoms with Crippen LogP contribution in [0.1, 0.15) is 64.7 Å². The Labute approximate surface area is 188 Å². The molecule has 1 saturated heterocycles. The summed E-state index contributed by atoms with van der Waals surface area (Å²) < 4.78 is 11.3. The van der Waals surface area contributed by atoms with Crippen molar-refractivity contribution in [3.05, 3.63) is 0 Å². The second kappa shape index (κ2) is 8.31. The molecule has 0 aromatic carbocycles. The molecule has 4 N–H and O–H groups in total. The Bertz CT molecular complexity index is 756. The van der Waals surface area contributed by atoms with Crippen LogP contribution in [-0.2, 0) is 19.1 Å². The first-order chi connectivity index (χ1) is 15.2. The SMILES string of the molecule is C[C@]12CC[C@H]3[C@@H](CC[C@H]4C[C@H](O[C@@H]5OC(C(=O)O)[C@@H](O)[C@@H](O)C5O)CC[C@@H]43)[C@@H]1CCC2=O. The van der Waals surface area contributed by atoms with E-state index in [1.165, 1.54) is 0 Å². The van der Waals surface area contributed by atoms with Crippen molar-refractivity contribution < 1.29 is 39.5 Å². The molecule has 0 bridgehead atoms. The van der Waals surface area contributed by atoms with E-state index >= 15 is 0 Å².